The highest BCUT2D eigenvalue weighted by molar-refractivity contribution is 6.51. The highest BCUT2D eigenvalue weighted by atomic mass is 16.5. The quantitative estimate of drug-likeness (QED) is 0.219. The minimum atomic E-state index is -0.900. The van der Waals surface area contributed by atoms with Gasteiger partial charge in [-0.2, -0.15) is 0 Å². The summed E-state index contributed by atoms with van der Waals surface area (Å²) < 4.78 is 10.2. The number of aliphatic hydroxyl groups is 1. The van der Waals surface area contributed by atoms with Gasteiger partial charge in [0.1, 0.15) is 11.5 Å². The number of esters is 1. The summed E-state index contributed by atoms with van der Waals surface area (Å²) in [6.45, 7) is 6.29. The summed E-state index contributed by atoms with van der Waals surface area (Å²) in [7, 11) is 2.75. The van der Waals surface area contributed by atoms with E-state index < -0.39 is 23.7 Å². The number of Topliss-reactive ketones (excluding diaryl/α,β-unsaturated/α-hetero) is 1. The number of benzene rings is 3. The molecule has 0 aliphatic carbocycles. The Balaban J connectivity index is 1.92. The fourth-order valence-corrected chi connectivity index (χ4v) is 4.44. The second-order valence-corrected chi connectivity index (χ2v) is 9.78. The van der Waals surface area contributed by atoms with Crippen LogP contribution in [0.2, 0.25) is 0 Å². The number of nitrogens with zero attached hydrogens (tertiary/aromatic N) is 1. The van der Waals surface area contributed by atoms with Gasteiger partial charge in [0.2, 0.25) is 0 Å². The Kier molecular flexibility index (Phi) is 6.90. The molecule has 0 aromatic heterocycles. The maximum absolute atomic E-state index is 13.4. The molecular weight excluding hydrogens is 470 g/mol. The van der Waals surface area contributed by atoms with Gasteiger partial charge in [-0.15, -0.1) is 0 Å². The van der Waals surface area contributed by atoms with E-state index in [1.54, 1.807) is 36.4 Å². The monoisotopic (exact) mass is 499 g/mol. The topological polar surface area (TPSA) is 93.1 Å². The standard InChI is InChI=1S/C30H29NO6/c1-30(2,3)20-14-10-18(11-15-20)25-24(26(32)22-8-6-7-9-23(22)36-4)27(33)28(34)31(25)21-16-12-19(13-17-21)29(35)37-5/h6-17,25,32H,1-5H3/b26-24+. The lowest BCUT2D eigenvalue weighted by Gasteiger charge is -2.27. The average molecular weight is 500 g/mol. The number of aliphatic hydroxyl groups excluding tert-OH is 1. The van der Waals surface area contributed by atoms with Gasteiger partial charge in [0.05, 0.1) is 37.0 Å². The van der Waals surface area contributed by atoms with Gasteiger partial charge in [-0.1, -0.05) is 57.2 Å². The van der Waals surface area contributed by atoms with E-state index in [1.807, 2.05) is 24.3 Å². The van der Waals surface area contributed by atoms with Crippen LogP contribution in [0.25, 0.3) is 5.76 Å². The lowest BCUT2D eigenvalue weighted by atomic mass is 9.85. The molecule has 1 aliphatic heterocycles. The van der Waals surface area contributed by atoms with Crippen molar-refractivity contribution < 1.29 is 29.0 Å². The summed E-state index contributed by atoms with van der Waals surface area (Å²) in [4.78, 5) is 40.1. The van der Waals surface area contributed by atoms with Crippen molar-refractivity contribution in [3.63, 3.8) is 0 Å². The number of anilines is 1. The number of hydrogen-bond acceptors (Lipinski definition) is 6. The highest BCUT2D eigenvalue weighted by Crippen LogP contribution is 2.43. The lowest BCUT2D eigenvalue weighted by molar-refractivity contribution is -0.132. The molecule has 1 aliphatic rings. The van der Waals surface area contributed by atoms with Gasteiger partial charge >= 0.3 is 5.97 Å². The summed E-state index contributed by atoms with van der Waals surface area (Å²) in [6.07, 6.45) is 0. The van der Waals surface area contributed by atoms with Crippen LogP contribution >= 0.6 is 0 Å². The normalized spacial score (nSPS) is 17.1. The second kappa shape index (κ2) is 9.93. The van der Waals surface area contributed by atoms with Crippen molar-refractivity contribution in [2.45, 2.75) is 32.2 Å². The summed E-state index contributed by atoms with van der Waals surface area (Å²) in [5.41, 5.74) is 2.61. The number of methoxy groups -OCH3 is 2. The Morgan fingerprint density at radius 3 is 2.08 bits per heavy atom. The molecule has 0 bridgehead atoms. The number of carbonyl (C=O) groups is 3. The van der Waals surface area contributed by atoms with E-state index in [4.69, 9.17) is 9.47 Å². The summed E-state index contributed by atoms with van der Waals surface area (Å²) >= 11 is 0. The first kappa shape index (κ1) is 25.7. The van der Waals surface area contributed by atoms with Gasteiger partial charge < -0.3 is 14.6 Å². The van der Waals surface area contributed by atoms with Gasteiger partial charge in [-0.3, -0.25) is 14.5 Å². The van der Waals surface area contributed by atoms with E-state index in [0.29, 0.717) is 28.1 Å². The maximum atomic E-state index is 13.4. The number of amides is 1. The summed E-state index contributed by atoms with van der Waals surface area (Å²) in [5, 5.41) is 11.4. The number of ether oxygens (including phenoxy) is 2. The van der Waals surface area contributed by atoms with Crippen LogP contribution in [0, 0.1) is 0 Å². The van der Waals surface area contributed by atoms with Crippen molar-refractivity contribution in [3.05, 3.63) is 101 Å². The fourth-order valence-electron chi connectivity index (χ4n) is 4.44. The van der Waals surface area contributed by atoms with Crippen LogP contribution in [0.1, 0.15) is 53.9 Å². The Bertz CT molecular complexity index is 1380. The molecule has 37 heavy (non-hydrogen) atoms. The zero-order chi connectivity index (χ0) is 26.9. The number of rotatable bonds is 5. The van der Waals surface area contributed by atoms with Crippen molar-refractivity contribution in [1.82, 2.24) is 0 Å². The Labute approximate surface area is 215 Å². The van der Waals surface area contributed by atoms with Crippen LogP contribution in [0.5, 0.6) is 5.75 Å². The molecule has 0 spiro atoms. The van der Waals surface area contributed by atoms with Crippen molar-refractivity contribution in [3.8, 4) is 5.75 Å². The Morgan fingerprint density at radius 2 is 1.51 bits per heavy atom. The molecule has 1 amide bonds. The molecule has 1 N–H and O–H groups in total. The third kappa shape index (κ3) is 4.72. The molecule has 190 valence electrons. The number of carbonyl (C=O) groups excluding carboxylic acids is 3. The van der Waals surface area contributed by atoms with Gasteiger partial charge in [-0.05, 0) is 52.9 Å². The van der Waals surface area contributed by atoms with Gasteiger partial charge in [0.15, 0.2) is 0 Å². The van der Waals surface area contributed by atoms with E-state index >= 15 is 0 Å². The molecular formula is C30H29NO6. The van der Waals surface area contributed by atoms with E-state index in [9.17, 15) is 19.5 Å². The third-order valence-electron chi connectivity index (χ3n) is 6.47. The van der Waals surface area contributed by atoms with E-state index in [1.165, 1.54) is 31.3 Å². The molecule has 3 aromatic rings. The van der Waals surface area contributed by atoms with Crippen molar-refractivity contribution in [2.75, 3.05) is 19.1 Å². The van der Waals surface area contributed by atoms with E-state index in [2.05, 4.69) is 20.8 Å². The first-order chi connectivity index (χ1) is 17.6. The van der Waals surface area contributed by atoms with Gasteiger partial charge in [0, 0.05) is 5.69 Å². The number of ketones is 1. The predicted molar refractivity (Wildman–Crippen MR) is 141 cm³/mol. The largest absolute Gasteiger partial charge is 0.507 e. The fraction of sp³-hybridized carbons (Fsp3) is 0.233. The molecule has 1 heterocycles. The first-order valence-electron chi connectivity index (χ1n) is 11.8. The van der Waals surface area contributed by atoms with Crippen LogP contribution in [0.3, 0.4) is 0 Å². The average Bonchev–Trinajstić information content (AvgIpc) is 3.17. The minimum absolute atomic E-state index is 0.0462. The van der Waals surface area contributed by atoms with Gasteiger partial charge in [-0.25, -0.2) is 4.79 Å². The van der Waals surface area contributed by atoms with Crippen LogP contribution in [0.15, 0.2) is 78.4 Å². The third-order valence-corrected chi connectivity index (χ3v) is 6.47. The molecule has 4 rings (SSSR count). The van der Waals surface area contributed by atoms with Gasteiger partial charge in [0.25, 0.3) is 11.7 Å². The molecule has 1 atom stereocenters. The predicted octanol–water partition coefficient (Wildman–Crippen LogP) is 5.41. The molecule has 0 radical (unpaired) electrons. The molecule has 1 unspecified atom stereocenters. The molecule has 1 saturated heterocycles. The zero-order valence-corrected chi connectivity index (χ0v) is 21.4. The highest BCUT2D eigenvalue weighted by Gasteiger charge is 2.47. The Hall–Kier alpha value is -4.39. The molecule has 7 heteroatoms. The summed E-state index contributed by atoms with van der Waals surface area (Å²) in [5.74, 6) is -2.07. The van der Waals surface area contributed by atoms with E-state index in [-0.39, 0.29) is 16.7 Å². The van der Waals surface area contributed by atoms with E-state index in [0.717, 1.165) is 5.56 Å². The van der Waals surface area contributed by atoms with Crippen molar-refractivity contribution in [2.24, 2.45) is 0 Å². The lowest BCUT2D eigenvalue weighted by Crippen LogP contribution is -2.29. The molecule has 1 fully saturated rings. The van der Waals surface area contributed by atoms with Crippen molar-refractivity contribution >= 4 is 29.1 Å². The summed E-state index contributed by atoms with van der Waals surface area (Å²) in [6, 6.07) is 19.7. The van der Waals surface area contributed by atoms with Crippen LogP contribution in [-0.4, -0.2) is 37.0 Å². The Morgan fingerprint density at radius 1 is 0.892 bits per heavy atom. The van der Waals surface area contributed by atoms with Crippen LogP contribution in [0.4, 0.5) is 5.69 Å². The number of para-hydroxylation sites is 1. The molecule has 0 saturated carbocycles. The second-order valence-electron chi connectivity index (χ2n) is 9.78. The van der Waals surface area contributed by atoms with Crippen molar-refractivity contribution in [1.29, 1.82) is 0 Å². The zero-order valence-electron chi connectivity index (χ0n) is 21.4. The molecule has 3 aromatic carbocycles. The van der Waals surface area contributed by atoms with Crippen LogP contribution in [-0.2, 0) is 19.7 Å². The maximum Gasteiger partial charge on any atom is 0.337 e. The smallest absolute Gasteiger partial charge is 0.337 e. The minimum Gasteiger partial charge on any atom is -0.507 e. The number of hydrogen-bond donors (Lipinski definition) is 1. The van der Waals surface area contributed by atoms with Crippen LogP contribution < -0.4 is 9.64 Å². The SMILES string of the molecule is COC(=O)c1ccc(N2C(=O)C(=O)/C(=C(/O)c3ccccc3OC)C2c2ccc(C(C)(C)C)cc2)cc1. The first-order valence-corrected chi connectivity index (χ1v) is 11.8. The molecule has 7 nitrogen and oxygen atoms in total.